The lowest BCUT2D eigenvalue weighted by Crippen LogP contribution is -2.40. The molecule has 5 aromatic carbocycles. The predicted octanol–water partition coefficient (Wildman–Crippen LogP) is 16.3. The molecule has 2 saturated heterocycles. The van der Waals surface area contributed by atoms with Gasteiger partial charge in [-0.15, -0.1) is 0 Å². The third-order valence-electron chi connectivity index (χ3n) is 15.6. The molecular weight excluding hydrogens is 1050 g/mol. The number of hydrogen-bond acceptors (Lipinski definition) is 6. The number of ether oxygens (including phenoxy) is 6. The van der Waals surface area contributed by atoms with Gasteiger partial charge >= 0.3 is 12.2 Å². The van der Waals surface area contributed by atoms with Crippen molar-refractivity contribution in [2.24, 2.45) is 29.6 Å². The van der Waals surface area contributed by atoms with Crippen molar-refractivity contribution in [3.05, 3.63) is 153 Å². The van der Waals surface area contributed by atoms with Gasteiger partial charge in [-0.25, -0.2) is 43.9 Å². The Morgan fingerprint density at radius 1 is 0.416 bits per heavy atom. The van der Waals surface area contributed by atoms with Gasteiger partial charge in [0.2, 0.25) is 0 Å². The molecule has 0 amide bonds. The van der Waals surface area contributed by atoms with Crippen molar-refractivity contribution in [3.63, 3.8) is 0 Å². The Morgan fingerprint density at radius 3 is 1.29 bits per heavy atom. The SMILES string of the molecule is Cc1c(F)cc(OC(F)(F)c2c(F)cc(-c3ccc(C4OCC(C5CCCC5)CO4)cc3F)cc2F)cc1F.Fc1cc(OC(F)(F)c2c(F)cc(C3CCC(C4OCC(C5CCCC5)CO4)CC3)cc2F)cc(F)c1F. The van der Waals surface area contributed by atoms with Crippen LogP contribution in [0.1, 0.15) is 117 Å². The lowest BCUT2D eigenvalue weighted by molar-refractivity contribution is -0.234. The molecule has 5 aliphatic rings. The summed E-state index contributed by atoms with van der Waals surface area (Å²) < 4.78 is 232. The van der Waals surface area contributed by atoms with Gasteiger partial charge < -0.3 is 28.4 Å². The van der Waals surface area contributed by atoms with E-state index in [1.54, 1.807) is 0 Å². The Hall–Kier alpha value is -5.44. The first kappa shape index (κ1) is 56.3. The summed E-state index contributed by atoms with van der Waals surface area (Å²) >= 11 is 0. The van der Waals surface area contributed by atoms with Gasteiger partial charge in [-0.3, -0.25) is 0 Å². The van der Waals surface area contributed by atoms with Crippen LogP contribution in [0.2, 0.25) is 0 Å². The number of rotatable bonds is 12. The van der Waals surface area contributed by atoms with Gasteiger partial charge in [-0.2, -0.15) is 17.6 Å². The molecule has 0 atom stereocenters. The Bertz CT molecular complexity index is 2790. The van der Waals surface area contributed by atoms with Gasteiger partial charge in [0, 0.05) is 58.7 Å². The quantitative estimate of drug-likeness (QED) is 0.0917. The van der Waals surface area contributed by atoms with Gasteiger partial charge in [-0.1, -0.05) is 63.5 Å². The smallest absolute Gasteiger partial charge is 0.429 e. The molecule has 0 radical (unpaired) electrons. The number of benzene rings is 5. The van der Waals surface area contributed by atoms with Crippen molar-refractivity contribution in [2.75, 3.05) is 26.4 Å². The van der Waals surface area contributed by atoms with Crippen LogP contribution in [0.5, 0.6) is 11.5 Å². The lowest BCUT2D eigenvalue weighted by atomic mass is 9.78. The fourth-order valence-corrected chi connectivity index (χ4v) is 11.3. The summed E-state index contributed by atoms with van der Waals surface area (Å²) in [5, 5.41) is 0. The van der Waals surface area contributed by atoms with Crippen molar-refractivity contribution in [1.29, 1.82) is 0 Å². The van der Waals surface area contributed by atoms with Crippen LogP contribution in [-0.2, 0) is 31.2 Å². The van der Waals surface area contributed by atoms with Crippen molar-refractivity contribution >= 4 is 0 Å². The zero-order valence-electron chi connectivity index (χ0n) is 41.5. The summed E-state index contributed by atoms with van der Waals surface area (Å²) in [6.07, 6.45) is 1.86. The van der Waals surface area contributed by atoms with Crippen LogP contribution in [0.3, 0.4) is 0 Å². The fourth-order valence-electron chi connectivity index (χ4n) is 11.3. The largest absolute Gasteiger partial charge is 0.432 e. The number of halogens is 14. The molecule has 20 heteroatoms. The average molecular weight is 1100 g/mol. The van der Waals surface area contributed by atoms with Crippen LogP contribution in [0, 0.1) is 94.7 Å². The van der Waals surface area contributed by atoms with Gasteiger partial charge in [-0.05, 0) is 91.8 Å². The summed E-state index contributed by atoms with van der Waals surface area (Å²) in [6, 6.07) is 7.86. The molecule has 5 aromatic rings. The van der Waals surface area contributed by atoms with Crippen molar-refractivity contribution in [1.82, 2.24) is 0 Å². The van der Waals surface area contributed by atoms with E-state index in [1.807, 2.05) is 0 Å². The highest BCUT2D eigenvalue weighted by atomic mass is 19.3. The highest BCUT2D eigenvalue weighted by molar-refractivity contribution is 5.65. The zero-order chi connectivity index (χ0) is 54.9. The van der Waals surface area contributed by atoms with Crippen molar-refractivity contribution in [3.8, 4) is 22.6 Å². The molecule has 2 heterocycles. The van der Waals surface area contributed by atoms with Gasteiger partial charge in [0.25, 0.3) is 0 Å². The van der Waals surface area contributed by atoms with Gasteiger partial charge in [0.05, 0.1) is 26.4 Å². The molecule has 3 saturated carbocycles. The molecule has 5 fully saturated rings. The summed E-state index contributed by atoms with van der Waals surface area (Å²) in [7, 11) is 0. The van der Waals surface area contributed by atoms with E-state index in [4.69, 9.17) is 18.9 Å². The maximum Gasteiger partial charge on any atom is 0.432 e. The topological polar surface area (TPSA) is 55.4 Å². The standard InChI is InChI=1S/C29H25F7O3.C28H29F7O3/c1-15-22(30)11-20(12-23(15)31)39-29(35,36)27-25(33)9-18(10-26(27)34)21-7-6-17(8-24(21)32)28-37-13-19(14-38-28)16-4-2-3-5-16;29-21-9-18(10-22(30)25(21)28(34,35)38-20-11-23(31)26(33)24(32)12-20)16-5-7-17(8-6-16)27-36-13-19(14-37-27)15-3-1-2-4-15/h6-12,16,19,28H,2-5,13-14H2,1H3;9-12,15-17,19,27H,1-8,13-14H2. The Balaban J connectivity index is 0.000000188. The first-order valence-electron chi connectivity index (χ1n) is 25.6. The van der Waals surface area contributed by atoms with E-state index >= 15 is 4.39 Å². The highest BCUT2D eigenvalue weighted by Gasteiger charge is 2.44. The molecule has 0 spiro atoms. The second kappa shape index (κ2) is 23.5. The molecule has 3 aliphatic carbocycles. The minimum atomic E-state index is -4.63. The van der Waals surface area contributed by atoms with Gasteiger partial charge in [0.15, 0.2) is 30.0 Å². The van der Waals surface area contributed by atoms with Crippen LogP contribution in [0.4, 0.5) is 61.5 Å². The maximum atomic E-state index is 15.0. The zero-order valence-corrected chi connectivity index (χ0v) is 41.5. The summed E-state index contributed by atoms with van der Waals surface area (Å²) in [6.45, 7) is 3.41. The van der Waals surface area contributed by atoms with E-state index < -0.39 is 105 Å². The molecule has 0 unspecified atom stereocenters. The molecule has 0 N–H and O–H groups in total. The van der Waals surface area contributed by atoms with E-state index in [2.05, 4.69) is 9.47 Å². The predicted molar refractivity (Wildman–Crippen MR) is 250 cm³/mol. The van der Waals surface area contributed by atoms with Gasteiger partial charge in [0.1, 0.15) is 63.3 Å². The molecule has 2 aliphatic heterocycles. The first-order chi connectivity index (χ1) is 36.6. The second-order valence-corrected chi connectivity index (χ2v) is 20.6. The fraction of sp³-hybridized carbons (Fsp3) is 0.474. The summed E-state index contributed by atoms with van der Waals surface area (Å²) in [4.78, 5) is 0. The number of alkyl halides is 4. The maximum absolute atomic E-state index is 15.0. The Morgan fingerprint density at radius 2 is 0.831 bits per heavy atom. The minimum absolute atomic E-state index is 0.152. The molecule has 0 aromatic heterocycles. The van der Waals surface area contributed by atoms with Crippen LogP contribution in [0.15, 0.2) is 66.7 Å². The van der Waals surface area contributed by atoms with E-state index in [9.17, 15) is 57.1 Å². The van der Waals surface area contributed by atoms with Crippen LogP contribution >= 0.6 is 0 Å². The molecule has 6 nitrogen and oxygen atoms in total. The van der Waals surface area contributed by atoms with E-state index in [0.717, 1.165) is 38.0 Å². The van der Waals surface area contributed by atoms with Crippen molar-refractivity contribution in [2.45, 2.75) is 115 Å². The van der Waals surface area contributed by atoms with Crippen LogP contribution < -0.4 is 9.47 Å². The molecule has 416 valence electrons. The van der Waals surface area contributed by atoms with Crippen LogP contribution in [0.25, 0.3) is 11.1 Å². The molecule has 10 rings (SSSR count). The summed E-state index contributed by atoms with van der Waals surface area (Å²) in [5.41, 5.74) is -3.89. The monoisotopic (exact) mass is 1100 g/mol. The highest BCUT2D eigenvalue weighted by Crippen LogP contribution is 2.45. The normalized spacial score (nSPS) is 23.7. The second-order valence-electron chi connectivity index (χ2n) is 20.6. The molecule has 0 bridgehead atoms. The van der Waals surface area contributed by atoms with Crippen LogP contribution in [-0.4, -0.2) is 32.7 Å². The van der Waals surface area contributed by atoms with E-state index in [-0.39, 0.29) is 52.9 Å². The molecular formula is C57H54F14O6. The minimum Gasteiger partial charge on any atom is -0.429 e. The average Bonchev–Trinajstić information content (AvgIpc) is 4.14. The molecule has 77 heavy (non-hydrogen) atoms. The third-order valence-corrected chi connectivity index (χ3v) is 15.6. The lowest BCUT2D eigenvalue weighted by Gasteiger charge is -2.39. The van der Waals surface area contributed by atoms with Crippen molar-refractivity contribution < 1.29 is 89.9 Å². The first-order valence-corrected chi connectivity index (χ1v) is 25.6. The van der Waals surface area contributed by atoms with E-state index in [1.165, 1.54) is 50.7 Å². The summed E-state index contributed by atoms with van der Waals surface area (Å²) in [5.74, 6) is -15.5. The Kier molecular flexibility index (Phi) is 17.2. The van der Waals surface area contributed by atoms with E-state index in [0.29, 0.717) is 99.7 Å². The third kappa shape index (κ3) is 12.7. The Labute approximate surface area is 434 Å². The number of hydrogen-bond donors (Lipinski definition) is 0.